The van der Waals surface area contributed by atoms with Crippen molar-refractivity contribution in [3.63, 3.8) is 0 Å². The Morgan fingerprint density at radius 2 is 1.62 bits per heavy atom. The molecule has 0 aromatic carbocycles. The van der Waals surface area contributed by atoms with Crippen LogP contribution in [-0.2, 0) is 18.5 Å². The molecule has 0 atom stereocenters. The van der Waals surface area contributed by atoms with E-state index >= 15 is 0 Å². The highest BCUT2D eigenvalue weighted by Gasteiger charge is 2.50. The molecule has 1 fully saturated rings. The molecule has 0 spiro atoms. The first-order valence-corrected chi connectivity index (χ1v) is 10.4. The summed E-state index contributed by atoms with van der Waals surface area (Å²) in [7, 11) is -8.27. The minimum Gasteiger partial charge on any atom is -0.298 e. The summed E-state index contributed by atoms with van der Waals surface area (Å²) < 4.78 is 64.5. The molecule has 0 unspecified atom stereocenters. The Morgan fingerprint density at radius 1 is 1.14 bits per heavy atom. The lowest BCUT2D eigenvalue weighted by Crippen LogP contribution is -2.32. The topological polar surface area (TPSA) is 60.4 Å². The molecule has 0 N–H and O–H groups in total. The zero-order chi connectivity index (χ0) is 16.3. The molecule has 0 heterocycles. The quantitative estimate of drug-likeness (QED) is 0.661. The van der Waals surface area contributed by atoms with Crippen molar-refractivity contribution in [3.8, 4) is 0 Å². The van der Waals surface area contributed by atoms with Crippen molar-refractivity contribution in [2.45, 2.75) is 45.0 Å². The van der Waals surface area contributed by atoms with Crippen LogP contribution in [0.15, 0.2) is 0 Å². The van der Waals surface area contributed by atoms with Gasteiger partial charge in [0, 0.05) is 5.92 Å². The molecule has 0 radical (unpaired) electrons. The third-order valence-corrected chi connectivity index (χ3v) is 9.14. The Morgan fingerprint density at radius 3 is 2.00 bits per heavy atom. The molecule has 0 bridgehead atoms. The van der Waals surface area contributed by atoms with Gasteiger partial charge in [0.25, 0.3) is 0 Å². The van der Waals surface area contributed by atoms with E-state index in [0.717, 1.165) is 25.7 Å². The summed E-state index contributed by atoms with van der Waals surface area (Å²) in [5.41, 5.74) is -5.45. The van der Waals surface area contributed by atoms with Gasteiger partial charge in [-0.2, -0.15) is 21.6 Å². The third-order valence-electron chi connectivity index (χ3n) is 3.79. The first kappa shape index (κ1) is 18.8. The van der Waals surface area contributed by atoms with Gasteiger partial charge in [-0.05, 0) is 24.3 Å². The van der Waals surface area contributed by atoms with Gasteiger partial charge in [0.2, 0.25) is 0 Å². The van der Waals surface area contributed by atoms with Crippen LogP contribution < -0.4 is 0 Å². The van der Waals surface area contributed by atoms with E-state index in [1.165, 1.54) is 0 Å². The molecule has 21 heavy (non-hydrogen) atoms. The minimum absolute atomic E-state index is 0.108. The molecule has 9 heteroatoms. The van der Waals surface area contributed by atoms with Crippen molar-refractivity contribution < 1.29 is 30.0 Å². The fourth-order valence-corrected chi connectivity index (χ4v) is 6.74. The molecule has 1 aliphatic rings. The molecule has 1 saturated carbocycles. The Hall–Kier alpha value is -0.280. The number of hydrogen-bond donors (Lipinski definition) is 0. The van der Waals surface area contributed by atoms with Gasteiger partial charge in [-0.1, -0.05) is 26.7 Å². The summed E-state index contributed by atoms with van der Waals surface area (Å²) in [5.74, 6) is -0.315. The first-order valence-electron chi connectivity index (χ1n) is 6.88. The smallest absolute Gasteiger partial charge is 0.298 e. The standard InChI is InChI=1S/C12H21F3O4S2/c1-3-20(4-2,19-21(17,18)12(13,14)15)9-11(16)10-7-5-6-8-10/h10H,3-9H2,1-2H3. The molecule has 0 aliphatic heterocycles. The molecule has 0 aromatic heterocycles. The van der Waals surface area contributed by atoms with Crippen molar-refractivity contribution in [2.24, 2.45) is 5.92 Å². The van der Waals surface area contributed by atoms with Crippen LogP contribution in [0.2, 0.25) is 0 Å². The summed E-state index contributed by atoms with van der Waals surface area (Å²) in [5, 5.41) is 0. The Labute approximate surface area is 125 Å². The lowest BCUT2D eigenvalue weighted by molar-refractivity contribution is -0.120. The predicted molar refractivity (Wildman–Crippen MR) is 76.6 cm³/mol. The van der Waals surface area contributed by atoms with E-state index in [1.54, 1.807) is 13.8 Å². The lowest BCUT2D eigenvalue weighted by Gasteiger charge is -2.36. The SMILES string of the molecule is CCS(CC)(CC(=O)C1CCCC1)OS(=O)(=O)C(F)(F)F. The molecule has 1 aliphatic carbocycles. The van der Waals surface area contributed by atoms with Gasteiger partial charge in [0.1, 0.15) is 5.78 Å². The Kier molecular flexibility index (Phi) is 6.14. The average molecular weight is 350 g/mol. The maximum atomic E-state index is 12.5. The molecule has 1 rings (SSSR count). The second-order valence-corrected chi connectivity index (χ2v) is 10.4. The predicted octanol–water partition coefficient (Wildman–Crippen LogP) is 3.37. The van der Waals surface area contributed by atoms with Crippen LogP contribution in [0, 0.1) is 5.92 Å². The monoisotopic (exact) mass is 350 g/mol. The zero-order valence-electron chi connectivity index (χ0n) is 12.1. The van der Waals surface area contributed by atoms with E-state index in [2.05, 4.69) is 3.63 Å². The van der Waals surface area contributed by atoms with Crippen LogP contribution in [-0.4, -0.2) is 37.0 Å². The second-order valence-electron chi connectivity index (χ2n) is 5.10. The maximum Gasteiger partial charge on any atom is 0.523 e. The highest BCUT2D eigenvalue weighted by Crippen LogP contribution is 2.52. The van der Waals surface area contributed by atoms with E-state index in [-0.39, 0.29) is 29.0 Å². The first-order chi connectivity index (χ1) is 9.57. The van der Waals surface area contributed by atoms with Crippen LogP contribution in [0.5, 0.6) is 0 Å². The van der Waals surface area contributed by atoms with Crippen LogP contribution in [0.4, 0.5) is 13.2 Å². The largest absolute Gasteiger partial charge is 0.523 e. The minimum atomic E-state index is -5.66. The van der Waals surface area contributed by atoms with Crippen LogP contribution in [0.3, 0.4) is 0 Å². The fourth-order valence-electron chi connectivity index (χ4n) is 2.38. The Bertz CT molecular complexity index is 463. The van der Waals surface area contributed by atoms with Gasteiger partial charge in [0.05, 0.1) is 5.75 Å². The van der Waals surface area contributed by atoms with Crippen molar-refractivity contribution in [2.75, 3.05) is 17.3 Å². The van der Waals surface area contributed by atoms with E-state index in [4.69, 9.17) is 0 Å². The van der Waals surface area contributed by atoms with Crippen molar-refractivity contribution in [1.82, 2.24) is 0 Å². The molecule has 126 valence electrons. The molecular weight excluding hydrogens is 329 g/mol. The molecule has 0 amide bonds. The number of halogens is 3. The van der Waals surface area contributed by atoms with Gasteiger partial charge in [-0.15, -0.1) is 10.3 Å². The van der Waals surface area contributed by atoms with Gasteiger partial charge in [-0.3, -0.25) is 4.79 Å². The normalized spacial score (nSPS) is 18.9. The van der Waals surface area contributed by atoms with Crippen molar-refractivity contribution in [3.05, 3.63) is 0 Å². The second kappa shape index (κ2) is 6.87. The number of hydrogen-bond acceptors (Lipinski definition) is 4. The number of carbonyl (C=O) groups excluding carboxylic acids is 1. The summed E-state index contributed by atoms with van der Waals surface area (Å²) >= 11 is 0. The number of rotatable bonds is 7. The third kappa shape index (κ3) is 4.59. The van der Waals surface area contributed by atoms with Gasteiger partial charge >= 0.3 is 15.6 Å². The van der Waals surface area contributed by atoms with E-state index in [1.807, 2.05) is 0 Å². The zero-order valence-corrected chi connectivity index (χ0v) is 13.7. The van der Waals surface area contributed by atoms with Crippen molar-refractivity contribution >= 4 is 26.2 Å². The van der Waals surface area contributed by atoms with Crippen LogP contribution >= 0.6 is 10.3 Å². The number of Topliss-reactive ketones (excluding diaryl/α,β-unsaturated/α-hetero) is 1. The summed E-state index contributed by atoms with van der Waals surface area (Å²) in [6, 6.07) is 0. The molecule has 4 nitrogen and oxygen atoms in total. The molecular formula is C12H21F3O4S2. The number of alkyl halides is 3. The number of ketones is 1. The maximum absolute atomic E-state index is 12.5. The van der Waals surface area contributed by atoms with Crippen LogP contribution in [0.25, 0.3) is 0 Å². The lowest BCUT2D eigenvalue weighted by atomic mass is 10.0. The fraction of sp³-hybridized carbons (Fsp3) is 0.917. The molecule has 0 aromatic rings. The molecule has 0 saturated heterocycles. The van der Waals surface area contributed by atoms with E-state index in [9.17, 15) is 26.4 Å². The van der Waals surface area contributed by atoms with Crippen LogP contribution in [0.1, 0.15) is 39.5 Å². The van der Waals surface area contributed by atoms with Gasteiger partial charge in [0.15, 0.2) is 0 Å². The van der Waals surface area contributed by atoms with E-state index in [0.29, 0.717) is 0 Å². The summed E-state index contributed by atoms with van der Waals surface area (Å²) in [6.45, 7) is 3.12. The van der Waals surface area contributed by atoms with Gasteiger partial charge in [-0.25, -0.2) is 3.63 Å². The van der Waals surface area contributed by atoms with E-state index < -0.39 is 25.9 Å². The summed E-state index contributed by atoms with van der Waals surface area (Å²) in [6.07, 6.45) is 3.32. The number of carbonyl (C=O) groups is 1. The highest BCUT2D eigenvalue weighted by atomic mass is 32.3. The average Bonchev–Trinajstić information content (AvgIpc) is 2.90. The van der Waals surface area contributed by atoms with Gasteiger partial charge < -0.3 is 0 Å². The summed E-state index contributed by atoms with van der Waals surface area (Å²) in [4.78, 5) is 12.2. The Balaban J connectivity index is 2.90. The highest BCUT2D eigenvalue weighted by molar-refractivity contribution is 8.33. The van der Waals surface area contributed by atoms with Crippen molar-refractivity contribution in [1.29, 1.82) is 0 Å².